The first-order valence-corrected chi connectivity index (χ1v) is 8.94. The van der Waals surface area contributed by atoms with Gasteiger partial charge in [0.05, 0.1) is 11.3 Å². The van der Waals surface area contributed by atoms with Gasteiger partial charge in [0.25, 0.3) is 5.91 Å². The number of halogens is 4. The van der Waals surface area contributed by atoms with E-state index < -0.39 is 29.7 Å². The van der Waals surface area contributed by atoms with E-state index in [1.807, 2.05) is 19.1 Å². The molecule has 0 saturated heterocycles. The lowest BCUT2D eigenvalue weighted by Gasteiger charge is -2.03. The van der Waals surface area contributed by atoms with Gasteiger partial charge in [-0.3, -0.25) is 15.2 Å². The number of aryl methyl sites for hydroxylation is 1. The molecule has 2 heterocycles. The van der Waals surface area contributed by atoms with Gasteiger partial charge in [0.1, 0.15) is 11.5 Å². The second kappa shape index (κ2) is 7.67. The average Bonchev–Trinajstić information content (AvgIpc) is 3.36. The highest BCUT2D eigenvalue weighted by atomic mass is 19.4. The van der Waals surface area contributed by atoms with E-state index in [0.29, 0.717) is 11.3 Å². The minimum Gasteiger partial charge on any atom is -0.289 e. The number of alkyl halides is 3. The Morgan fingerprint density at radius 3 is 2.52 bits per heavy atom. The molecular weight excluding hydrogens is 416 g/mol. The van der Waals surface area contributed by atoms with Crippen LogP contribution in [0, 0.1) is 12.7 Å². The van der Waals surface area contributed by atoms with E-state index in [1.165, 1.54) is 35.1 Å². The topological polar surface area (TPSA) is 88.5 Å². The highest BCUT2D eigenvalue weighted by Crippen LogP contribution is 2.28. The summed E-state index contributed by atoms with van der Waals surface area (Å²) in [5, 5.41) is 11.8. The number of hydrogen-bond acceptors (Lipinski definition) is 4. The van der Waals surface area contributed by atoms with Gasteiger partial charge >= 0.3 is 6.18 Å². The highest BCUT2D eigenvalue weighted by Gasteiger charge is 2.35. The van der Waals surface area contributed by atoms with Crippen LogP contribution in [0.3, 0.4) is 0 Å². The van der Waals surface area contributed by atoms with Crippen molar-refractivity contribution < 1.29 is 22.4 Å². The molecule has 7 nitrogen and oxygen atoms in total. The van der Waals surface area contributed by atoms with Gasteiger partial charge in [-0.05, 0) is 37.3 Å². The van der Waals surface area contributed by atoms with Crippen LogP contribution in [-0.2, 0) is 6.18 Å². The largest absolute Gasteiger partial charge is 0.451 e. The number of H-pyrrole nitrogens is 1. The van der Waals surface area contributed by atoms with Gasteiger partial charge in [0.15, 0.2) is 0 Å². The van der Waals surface area contributed by atoms with Crippen LogP contribution in [0.5, 0.6) is 0 Å². The number of carbonyl (C=O) groups excluding carboxylic acids is 1. The Morgan fingerprint density at radius 2 is 1.87 bits per heavy atom. The monoisotopic (exact) mass is 430 g/mol. The van der Waals surface area contributed by atoms with Gasteiger partial charge in [-0.25, -0.2) is 9.07 Å². The molecule has 2 aromatic carbocycles. The van der Waals surface area contributed by atoms with Crippen molar-refractivity contribution in [3.8, 4) is 16.9 Å². The molecule has 0 bridgehead atoms. The maximum absolute atomic E-state index is 13.3. The fourth-order valence-electron chi connectivity index (χ4n) is 2.89. The SMILES string of the molecule is Cc1cccc(-c2nn(-c3ccc(F)cc3)cc2C(=O)Nc2n[nH]c(C(F)(F)F)n2)c1. The summed E-state index contributed by atoms with van der Waals surface area (Å²) >= 11 is 0. The summed E-state index contributed by atoms with van der Waals surface area (Å²) in [4.78, 5) is 16.1. The number of aromatic nitrogens is 5. The van der Waals surface area contributed by atoms with Gasteiger partial charge < -0.3 is 0 Å². The maximum Gasteiger partial charge on any atom is 0.451 e. The Bertz CT molecular complexity index is 1240. The van der Waals surface area contributed by atoms with E-state index in [0.717, 1.165) is 5.56 Å². The van der Waals surface area contributed by atoms with Crippen molar-refractivity contribution in [3.63, 3.8) is 0 Å². The molecular formula is C20H14F4N6O. The smallest absolute Gasteiger partial charge is 0.289 e. The molecule has 11 heteroatoms. The fourth-order valence-corrected chi connectivity index (χ4v) is 2.89. The third-order valence-corrected chi connectivity index (χ3v) is 4.32. The van der Waals surface area contributed by atoms with Gasteiger partial charge in [-0.2, -0.15) is 23.3 Å². The third kappa shape index (κ3) is 4.29. The summed E-state index contributed by atoms with van der Waals surface area (Å²) in [6.07, 6.45) is -3.33. The molecule has 158 valence electrons. The Kier molecular flexibility index (Phi) is 5.01. The van der Waals surface area contributed by atoms with Crippen molar-refractivity contribution >= 4 is 11.9 Å². The molecule has 0 aliphatic heterocycles. The first-order valence-electron chi connectivity index (χ1n) is 8.94. The number of carbonyl (C=O) groups is 1. The lowest BCUT2D eigenvalue weighted by molar-refractivity contribution is -0.144. The molecule has 0 atom stereocenters. The molecule has 0 radical (unpaired) electrons. The fraction of sp³-hybridized carbons (Fsp3) is 0.100. The lowest BCUT2D eigenvalue weighted by Crippen LogP contribution is -2.14. The van der Waals surface area contributed by atoms with Crippen LogP contribution in [0.2, 0.25) is 0 Å². The Hall–Kier alpha value is -4.02. The number of aromatic amines is 1. The van der Waals surface area contributed by atoms with Crippen LogP contribution in [0.25, 0.3) is 16.9 Å². The molecule has 0 aliphatic carbocycles. The molecule has 2 aromatic heterocycles. The van der Waals surface area contributed by atoms with E-state index in [9.17, 15) is 22.4 Å². The highest BCUT2D eigenvalue weighted by molar-refractivity contribution is 6.07. The third-order valence-electron chi connectivity index (χ3n) is 4.32. The zero-order chi connectivity index (χ0) is 22.2. The number of nitrogens with zero attached hydrogens (tertiary/aromatic N) is 4. The molecule has 0 unspecified atom stereocenters. The summed E-state index contributed by atoms with van der Waals surface area (Å²) in [5.74, 6) is -3.04. The van der Waals surface area contributed by atoms with Gasteiger partial charge in [0.2, 0.25) is 11.8 Å². The van der Waals surface area contributed by atoms with Crippen LogP contribution >= 0.6 is 0 Å². The molecule has 0 spiro atoms. The van der Waals surface area contributed by atoms with Crippen molar-refractivity contribution in [1.82, 2.24) is 25.0 Å². The van der Waals surface area contributed by atoms with E-state index in [2.05, 4.69) is 20.5 Å². The Morgan fingerprint density at radius 1 is 1.13 bits per heavy atom. The van der Waals surface area contributed by atoms with Crippen molar-refractivity contribution in [3.05, 3.63) is 77.5 Å². The van der Waals surface area contributed by atoms with Gasteiger partial charge in [0, 0.05) is 11.8 Å². The van der Waals surface area contributed by atoms with Crippen molar-refractivity contribution in [1.29, 1.82) is 0 Å². The Balaban J connectivity index is 1.73. The summed E-state index contributed by atoms with van der Waals surface area (Å²) in [5.41, 5.74) is 2.40. The first kappa shape index (κ1) is 20.3. The molecule has 0 aliphatic rings. The maximum atomic E-state index is 13.3. The van der Waals surface area contributed by atoms with E-state index in [1.54, 1.807) is 17.2 Å². The minimum absolute atomic E-state index is 0.0771. The Labute approximate surface area is 172 Å². The van der Waals surface area contributed by atoms with Crippen LogP contribution < -0.4 is 5.32 Å². The second-order valence-electron chi connectivity index (χ2n) is 6.64. The van der Waals surface area contributed by atoms with Crippen LogP contribution in [-0.4, -0.2) is 30.9 Å². The number of rotatable bonds is 4. The van der Waals surface area contributed by atoms with Gasteiger partial charge in [-0.15, -0.1) is 5.10 Å². The summed E-state index contributed by atoms with van der Waals surface area (Å²) < 4.78 is 52.8. The number of hydrogen-bond donors (Lipinski definition) is 2. The predicted octanol–water partition coefficient (Wildman–Crippen LogP) is 4.38. The van der Waals surface area contributed by atoms with Crippen LogP contribution in [0.4, 0.5) is 23.5 Å². The van der Waals surface area contributed by atoms with E-state index in [4.69, 9.17) is 0 Å². The minimum atomic E-state index is -4.73. The van der Waals surface area contributed by atoms with E-state index >= 15 is 0 Å². The average molecular weight is 430 g/mol. The van der Waals surface area contributed by atoms with E-state index in [-0.39, 0.29) is 11.3 Å². The lowest BCUT2D eigenvalue weighted by atomic mass is 10.1. The van der Waals surface area contributed by atoms with Crippen LogP contribution in [0.15, 0.2) is 54.7 Å². The number of benzene rings is 2. The zero-order valence-corrected chi connectivity index (χ0v) is 15.9. The molecule has 0 saturated carbocycles. The van der Waals surface area contributed by atoms with Crippen molar-refractivity contribution in [2.24, 2.45) is 0 Å². The standard InChI is InChI=1S/C20H14F4N6O/c1-11-3-2-4-12(9-11)16-15(10-30(29-16)14-7-5-13(21)6-8-14)17(31)25-19-26-18(27-28-19)20(22,23)24/h2-10H,1H3,(H2,25,26,27,28,31). The number of anilines is 1. The second-order valence-corrected chi connectivity index (χ2v) is 6.64. The summed E-state index contributed by atoms with van der Waals surface area (Å²) in [7, 11) is 0. The molecule has 4 rings (SSSR count). The predicted molar refractivity (Wildman–Crippen MR) is 103 cm³/mol. The molecule has 2 N–H and O–H groups in total. The summed E-state index contributed by atoms with van der Waals surface area (Å²) in [6, 6.07) is 12.7. The van der Waals surface area contributed by atoms with Crippen molar-refractivity contribution in [2.45, 2.75) is 13.1 Å². The van der Waals surface area contributed by atoms with Gasteiger partial charge in [-0.1, -0.05) is 23.8 Å². The molecule has 31 heavy (non-hydrogen) atoms. The quantitative estimate of drug-likeness (QED) is 0.471. The number of nitrogens with one attached hydrogen (secondary N) is 2. The molecule has 1 amide bonds. The van der Waals surface area contributed by atoms with Crippen molar-refractivity contribution in [2.75, 3.05) is 5.32 Å². The summed E-state index contributed by atoms with van der Waals surface area (Å²) in [6.45, 7) is 1.87. The number of amides is 1. The normalized spacial score (nSPS) is 11.5. The molecule has 4 aromatic rings. The zero-order valence-electron chi connectivity index (χ0n) is 15.9. The first-order chi connectivity index (χ1) is 14.7. The molecule has 0 fully saturated rings. The van der Waals surface area contributed by atoms with Crippen LogP contribution in [0.1, 0.15) is 21.7 Å².